The fourth-order valence-corrected chi connectivity index (χ4v) is 4.71. The Kier molecular flexibility index (Phi) is 3.41. The first-order valence-corrected chi connectivity index (χ1v) is 10.2. The van der Waals surface area contributed by atoms with Gasteiger partial charge in [0.15, 0.2) is 5.82 Å². The number of hydrogen-bond acceptors (Lipinski definition) is 6. The van der Waals surface area contributed by atoms with Gasteiger partial charge in [-0.25, -0.2) is 9.97 Å². The molecular weight excluding hydrogens is 384 g/mol. The van der Waals surface area contributed by atoms with Gasteiger partial charge in [0, 0.05) is 30.9 Å². The van der Waals surface area contributed by atoms with E-state index in [1.165, 1.54) is 0 Å². The van der Waals surface area contributed by atoms with Gasteiger partial charge in [-0.05, 0) is 17.5 Å². The highest BCUT2D eigenvalue weighted by Gasteiger charge is 2.39. The molecule has 0 spiro atoms. The third kappa shape index (κ3) is 2.30. The van der Waals surface area contributed by atoms with Crippen molar-refractivity contribution >= 4 is 33.4 Å². The summed E-state index contributed by atoms with van der Waals surface area (Å²) in [6.45, 7) is 1.49. The molecule has 5 aromatic rings. The van der Waals surface area contributed by atoms with Gasteiger partial charge in [-0.3, -0.25) is 9.25 Å². The molecule has 0 saturated carbocycles. The van der Waals surface area contributed by atoms with Crippen LogP contribution in [0.2, 0.25) is 0 Å². The molecule has 0 aliphatic carbocycles. The number of aromatic nitrogens is 6. The Morgan fingerprint density at radius 2 is 2.21 bits per heavy atom. The van der Waals surface area contributed by atoms with Gasteiger partial charge in [0.05, 0.1) is 41.0 Å². The van der Waals surface area contributed by atoms with Gasteiger partial charge in [-0.15, -0.1) is 11.3 Å². The van der Waals surface area contributed by atoms with Crippen molar-refractivity contribution in [3.05, 3.63) is 48.4 Å². The molecule has 8 nitrogen and oxygen atoms in total. The van der Waals surface area contributed by atoms with Crippen molar-refractivity contribution in [1.82, 2.24) is 34.6 Å². The third-order valence-corrected chi connectivity index (χ3v) is 6.44. The highest BCUT2D eigenvalue weighted by molar-refractivity contribution is 7.13. The maximum Gasteiger partial charge on any atom is 0.156 e. The maximum absolute atomic E-state index is 9.28. The summed E-state index contributed by atoms with van der Waals surface area (Å²) in [5.41, 5.74) is 3.31. The zero-order valence-corrected chi connectivity index (χ0v) is 16.1. The number of nitriles is 1. The second-order valence-electron chi connectivity index (χ2n) is 7.29. The average Bonchev–Trinajstić information content (AvgIpc) is 3.48. The molecule has 5 aromatic heterocycles. The maximum atomic E-state index is 9.28. The molecule has 0 bridgehead atoms. The second-order valence-corrected chi connectivity index (χ2v) is 8.23. The number of rotatable bonds is 4. The molecule has 6 rings (SSSR count). The number of fused-ring (bicyclic) bond motifs is 3. The molecule has 0 atom stereocenters. The standard InChI is InChI=1S/C20H16N8S/c21-5-4-20(11-22-12-20)27-10-13(8-25-27)28-17-14-3-6-23-18(14)24-9-15(17)26-19(28)16-2-1-7-29-16/h1-3,6-10,22H,4,11-12H2,(H,23,24). The lowest BCUT2D eigenvalue weighted by Gasteiger charge is -2.41. The monoisotopic (exact) mass is 400 g/mol. The summed E-state index contributed by atoms with van der Waals surface area (Å²) in [7, 11) is 0. The van der Waals surface area contributed by atoms with Gasteiger partial charge in [0.2, 0.25) is 0 Å². The molecule has 1 fully saturated rings. The lowest BCUT2D eigenvalue weighted by molar-refractivity contribution is 0.160. The summed E-state index contributed by atoms with van der Waals surface area (Å²) in [6.07, 6.45) is 8.00. The van der Waals surface area contributed by atoms with Crippen LogP contribution in [0.5, 0.6) is 0 Å². The largest absolute Gasteiger partial charge is 0.346 e. The van der Waals surface area contributed by atoms with Gasteiger partial charge in [-0.1, -0.05) is 6.07 Å². The number of thiophene rings is 1. The Morgan fingerprint density at radius 3 is 2.97 bits per heavy atom. The molecule has 0 amide bonds. The molecule has 142 valence electrons. The van der Waals surface area contributed by atoms with E-state index in [9.17, 15) is 5.26 Å². The van der Waals surface area contributed by atoms with Crippen molar-refractivity contribution < 1.29 is 0 Å². The Hall–Kier alpha value is -3.48. The molecule has 9 heteroatoms. The minimum absolute atomic E-state index is 0.280. The zero-order chi connectivity index (χ0) is 19.4. The number of imidazole rings is 1. The van der Waals surface area contributed by atoms with Crippen molar-refractivity contribution in [3.63, 3.8) is 0 Å². The number of nitrogens with zero attached hydrogens (tertiary/aromatic N) is 6. The van der Waals surface area contributed by atoms with Gasteiger partial charge in [0.25, 0.3) is 0 Å². The Bertz CT molecular complexity index is 1380. The summed E-state index contributed by atoms with van der Waals surface area (Å²) in [4.78, 5) is 13.7. The predicted molar refractivity (Wildman–Crippen MR) is 111 cm³/mol. The second kappa shape index (κ2) is 6.01. The van der Waals surface area contributed by atoms with Crippen molar-refractivity contribution in [3.8, 4) is 22.5 Å². The molecular formula is C20H16N8S. The zero-order valence-electron chi connectivity index (χ0n) is 15.3. The summed E-state index contributed by atoms with van der Waals surface area (Å²) in [6, 6.07) is 8.43. The van der Waals surface area contributed by atoms with E-state index in [0.29, 0.717) is 6.42 Å². The van der Waals surface area contributed by atoms with Crippen LogP contribution >= 0.6 is 11.3 Å². The van der Waals surface area contributed by atoms with Gasteiger partial charge in [0.1, 0.15) is 16.7 Å². The molecule has 6 heterocycles. The van der Waals surface area contributed by atoms with Crippen LogP contribution in [0, 0.1) is 11.3 Å². The van der Waals surface area contributed by atoms with E-state index in [0.717, 1.165) is 51.5 Å². The number of hydrogen-bond donors (Lipinski definition) is 2. The summed E-state index contributed by atoms with van der Waals surface area (Å²) < 4.78 is 4.08. The SMILES string of the molecule is N#CCC1(n2cc(-n3c(-c4cccs4)nc4cnc5[nH]ccc5c43)cn2)CNC1. The van der Waals surface area contributed by atoms with Crippen LogP contribution < -0.4 is 5.32 Å². The Morgan fingerprint density at radius 1 is 1.28 bits per heavy atom. The summed E-state index contributed by atoms with van der Waals surface area (Å²) in [5.74, 6) is 0.867. The quantitative estimate of drug-likeness (QED) is 0.483. The number of nitrogens with one attached hydrogen (secondary N) is 2. The third-order valence-electron chi connectivity index (χ3n) is 5.57. The molecule has 1 aliphatic heterocycles. The van der Waals surface area contributed by atoms with Crippen LogP contribution in [-0.4, -0.2) is 42.4 Å². The molecule has 29 heavy (non-hydrogen) atoms. The van der Waals surface area contributed by atoms with Crippen LogP contribution in [0.3, 0.4) is 0 Å². The highest BCUT2D eigenvalue weighted by Crippen LogP contribution is 2.35. The van der Waals surface area contributed by atoms with Crippen LogP contribution in [0.4, 0.5) is 0 Å². The van der Waals surface area contributed by atoms with E-state index in [4.69, 9.17) is 4.98 Å². The Labute approximate surface area is 169 Å². The van der Waals surface area contributed by atoms with Crippen LogP contribution in [0.25, 0.3) is 38.5 Å². The van der Waals surface area contributed by atoms with Crippen molar-refractivity contribution in [2.24, 2.45) is 0 Å². The molecule has 1 aliphatic rings. The normalized spacial score (nSPS) is 15.6. The van der Waals surface area contributed by atoms with E-state index in [1.807, 2.05) is 35.4 Å². The fraction of sp³-hybridized carbons (Fsp3) is 0.200. The minimum Gasteiger partial charge on any atom is -0.346 e. The van der Waals surface area contributed by atoms with Gasteiger partial charge >= 0.3 is 0 Å². The summed E-state index contributed by atoms with van der Waals surface area (Å²) >= 11 is 1.65. The average molecular weight is 400 g/mol. The summed E-state index contributed by atoms with van der Waals surface area (Å²) in [5, 5.41) is 20.3. The Balaban J connectivity index is 1.62. The lowest BCUT2D eigenvalue weighted by Crippen LogP contribution is -2.60. The lowest BCUT2D eigenvalue weighted by atomic mass is 9.89. The first kappa shape index (κ1) is 16.5. The van der Waals surface area contributed by atoms with E-state index in [1.54, 1.807) is 17.5 Å². The molecule has 2 N–H and O–H groups in total. The van der Waals surface area contributed by atoms with Crippen molar-refractivity contribution in [2.75, 3.05) is 13.1 Å². The first-order chi connectivity index (χ1) is 14.3. The minimum atomic E-state index is -0.280. The predicted octanol–water partition coefficient (Wildman–Crippen LogP) is 3.04. The smallest absolute Gasteiger partial charge is 0.156 e. The molecule has 1 saturated heterocycles. The van der Waals surface area contributed by atoms with Crippen LogP contribution in [0.15, 0.2) is 48.4 Å². The fourth-order valence-electron chi connectivity index (χ4n) is 4.01. The van der Waals surface area contributed by atoms with E-state index < -0.39 is 0 Å². The first-order valence-electron chi connectivity index (χ1n) is 9.31. The van der Waals surface area contributed by atoms with Gasteiger partial charge in [-0.2, -0.15) is 10.4 Å². The van der Waals surface area contributed by atoms with Crippen LogP contribution in [-0.2, 0) is 5.54 Å². The van der Waals surface area contributed by atoms with Crippen molar-refractivity contribution in [2.45, 2.75) is 12.0 Å². The van der Waals surface area contributed by atoms with Crippen molar-refractivity contribution in [1.29, 1.82) is 5.26 Å². The topological polar surface area (TPSA) is 100 Å². The number of aromatic amines is 1. The molecule has 0 unspecified atom stereocenters. The van der Waals surface area contributed by atoms with Gasteiger partial charge < -0.3 is 10.3 Å². The molecule has 0 radical (unpaired) electrons. The highest BCUT2D eigenvalue weighted by atomic mass is 32.1. The van der Waals surface area contributed by atoms with Crippen LogP contribution in [0.1, 0.15) is 6.42 Å². The van der Waals surface area contributed by atoms with E-state index in [2.05, 4.69) is 42.5 Å². The number of pyridine rings is 1. The van der Waals surface area contributed by atoms with E-state index >= 15 is 0 Å². The number of H-pyrrole nitrogens is 1. The molecule has 0 aromatic carbocycles. The van der Waals surface area contributed by atoms with E-state index in [-0.39, 0.29) is 5.54 Å².